The Bertz CT molecular complexity index is 569. The Morgan fingerprint density at radius 1 is 1.24 bits per heavy atom. The highest BCUT2D eigenvalue weighted by molar-refractivity contribution is 7.91. The van der Waals surface area contributed by atoms with Gasteiger partial charge < -0.3 is 10.2 Å². The van der Waals surface area contributed by atoms with E-state index in [1.807, 2.05) is 12.1 Å². The molecule has 0 unspecified atom stereocenters. The molecular formula is C16H26N2O2S. The third kappa shape index (κ3) is 3.98. The summed E-state index contributed by atoms with van der Waals surface area (Å²) in [5.41, 5.74) is 0.753. The first-order valence-corrected chi connectivity index (χ1v) is 9.34. The highest BCUT2D eigenvalue weighted by Gasteiger charge is 2.25. The zero-order valence-electron chi connectivity index (χ0n) is 13.2. The fraction of sp³-hybridized carbons (Fsp3) is 0.625. The Balaban J connectivity index is 2.17. The molecule has 0 amide bonds. The summed E-state index contributed by atoms with van der Waals surface area (Å²) in [5.74, 6) is 0.136. The Hall–Kier alpha value is -1.07. The first kappa shape index (κ1) is 16.3. The summed E-state index contributed by atoms with van der Waals surface area (Å²) in [6.07, 6.45) is 4.57. The molecule has 21 heavy (non-hydrogen) atoms. The van der Waals surface area contributed by atoms with Crippen molar-refractivity contribution in [3.05, 3.63) is 24.3 Å². The Kier molecular flexibility index (Phi) is 5.27. The van der Waals surface area contributed by atoms with Gasteiger partial charge in [-0.15, -0.1) is 0 Å². The van der Waals surface area contributed by atoms with Gasteiger partial charge in [0.1, 0.15) is 0 Å². The van der Waals surface area contributed by atoms with Crippen LogP contribution in [0.15, 0.2) is 29.2 Å². The van der Waals surface area contributed by atoms with E-state index in [0.717, 1.165) is 18.5 Å². The number of anilines is 1. The van der Waals surface area contributed by atoms with E-state index >= 15 is 0 Å². The Labute approximate surface area is 128 Å². The monoisotopic (exact) mass is 310 g/mol. The summed E-state index contributed by atoms with van der Waals surface area (Å²) >= 11 is 0. The molecule has 2 rings (SSSR count). The van der Waals surface area contributed by atoms with Crippen molar-refractivity contribution < 1.29 is 8.42 Å². The second kappa shape index (κ2) is 6.79. The topological polar surface area (TPSA) is 49.4 Å². The molecule has 1 aliphatic rings. The van der Waals surface area contributed by atoms with E-state index in [0.29, 0.717) is 17.0 Å². The number of nitrogens with zero attached hydrogens (tertiary/aromatic N) is 1. The van der Waals surface area contributed by atoms with Gasteiger partial charge in [0.15, 0.2) is 9.84 Å². The molecule has 5 heteroatoms. The van der Waals surface area contributed by atoms with Crippen LogP contribution in [-0.2, 0) is 9.84 Å². The Morgan fingerprint density at radius 2 is 1.95 bits per heavy atom. The normalized spacial score (nSPS) is 23.2. The van der Waals surface area contributed by atoms with E-state index in [2.05, 4.69) is 24.3 Å². The number of nitrogens with one attached hydrogen (secondary N) is 1. The van der Waals surface area contributed by atoms with Gasteiger partial charge in [0.2, 0.25) is 0 Å². The number of para-hydroxylation sites is 1. The molecule has 0 saturated heterocycles. The average Bonchev–Trinajstić information content (AvgIpc) is 2.48. The molecule has 0 spiro atoms. The van der Waals surface area contributed by atoms with Crippen molar-refractivity contribution >= 4 is 15.5 Å². The van der Waals surface area contributed by atoms with Gasteiger partial charge in [0.05, 0.1) is 16.3 Å². The number of sulfone groups is 1. The average molecular weight is 310 g/mol. The van der Waals surface area contributed by atoms with E-state index in [4.69, 9.17) is 0 Å². The molecular weight excluding hydrogens is 284 g/mol. The first-order chi connectivity index (χ1) is 9.94. The molecule has 1 fully saturated rings. The van der Waals surface area contributed by atoms with E-state index < -0.39 is 9.84 Å². The molecule has 0 radical (unpaired) electrons. The molecule has 1 saturated carbocycles. The molecule has 1 aromatic rings. The van der Waals surface area contributed by atoms with Crippen LogP contribution in [0.1, 0.15) is 32.6 Å². The van der Waals surface area contributed by atoms with Crippen LogP contribution in [0.5, 0.6) is 0 Å². The zero-order chi connectivity index (χ0) is 15.5. The van der Waals surface area contributed by atoms with Crippen molar-refractivity contribution in [3.8, 4) is 0 Å². The SMILES string of the molecule is CCS(=O)(=O)c1ccccc1N[C@H]1CCC[C@H](N(C)C)C1. The van der Waals surface area contributed by atoms with Crippen molar-refractivity contribution in [1.82, 2.24) is 4.90 Å². The smallest absolute Gasteiger partial charge is 0.180 e. The van der Waals surface area contributed by atoms with Crippen LogP contribution in [0.2, 0.25) is 0 Å². The summed E-state index contributed by atoms with van der Waals surface area (Å²) in [6, 6.07) is 8.18. The van der Waals surface area contributed by atoms with Crippen LogP contribution < -0.4 is 5.32 Å². The van der Waals surface area contributed by atoms with Crippen LogP contribution in [0, 0.1) is 0 Å². The number of rotatable bonds is 5. The molecule has 2 atom stereocenters. The highest BCUT2D eigenvalue weighted by atomic mass is 32.2. The summed E-state index contributed by atoms with van der Waals surface area (Å²) in [4.78, 5) is 2.70. The molecule has 1 aliphatic carbocycles. The quantitative estimate of drug-likeness (QED) is 0.908. The lowest BCUT2D eigenvalue weighted by atomic mass is 9.90. The maximum absolute atomic E-state index is 12.2. The molecule has 118 valence electrons. The molecule has 0 aromatic heterocycles. The number of hydrogen-bond acceptors (Lipinski definition) is 4. The third-order valence-electron chi connectivity index (χ3n) is 4.34. The molecule has 0 heterocycles. The van der Waals surface area contributed by atoms with E-state index in [9.17, 15) is 8.42 Å². The van der Waals surface area contributed by atoms with Crippen LogP contribution in [0.25, 0.3) is 0 Å². The van der Waals surface area contributed by atoms with Crippen LogP contribution >= 0.6 is 0 Å². The van der Waals surface area contributed by atoms with Crippen LogP contribution in [0.3, 0.4) is 0 Å². The first-order valence-electron chi connectivity index (χ1n) is 7.68. The summed E-state index contributed by atoms with van der Waals surface area (Å²) in [5, 5.41) is 3.47. The molecule has 1 aromatic carbocycles. The zero-order valence-corrected chi connectivity index (χ0v) is 14.0. The lowest BCUT2D eigenvalue weighted by molar-refractivity contribution is 0.219. The van der Waals surface area contributed by atoms with Crippen molar-refractivity contribution in [3.63, 3.8) is 0 Å². The third-order valence-corrected chi connectivity index (χ3v) is 6.12. The minimum absolute atomic E-state index is 0.136. The molecule has 0 aliphatic heterocycles. The van der Waals surface area contributed by atoms with E-state index in [1.165, 1.54) is 12.8 Å². The Morgan fingerprint density at radius 3 is 2.62 bits per heavy atom. The van der Waals surface area contributed by atoms with Crippen molar-refractivity contribution in [2.45, 2.75) is 49.6 Å². The van der Waals surface area contributed by atoms with Gasteiger partial charge in [-0.25, -0.2) is 8.42 Å². The largest absolute Gasteiger partial charge is 0.381 e. The lowest BCUT2D eigenvalue weighted by Crippen LogP contribution is -2.38. The minimum Gasteiger partial charge on any atom is -0.381 e. The van der Waals surface area contributed by atoms with Gasteiger partial charge in [0, 0.05) is 12.1 Å². The predicted molar refractivity (Wildman–Crippen MR) is 87.5 cm³/mol. The number of benzene rings is 1. The summed E-state index contributed by atoms with van der Waals surface area (Å²) in [7, 11) is 1.04. The fourth-order valence-electron chi connectivity index (χ4n) is 3.00. The lowest BCUT2D eigenvalue weighted by Gasteiger charge is -2.34. The van der Waals surface area contributed by atoms with Gasteiger partial charge in [-0.2, -0.15) is 0 Å². The second-order valence-electron chi connectivity index (χ2n) is 6.02. The van der Waals surface area contributed by atoms with Gasteiger partial charge >= 0.3 is 0 Å². The van der Waals surface area contributed by atoms with Gasteiger partial charge in [0.25, 0.3) is 0 Å². The maximum atomic E-state index is 12.2. The van der Waals surface area contributed by atoms with Gasteiger partial charge in [-0.05, 0) is 51.9 Å². The predicted octanol–water partition coefficient (Wildman–Crippen LogP) is 2.76. The van der Waals surface area contributed by atoms with Gasteiger partial charge in [-0.3, -0.25) is 0 Å². The van der Waals surface area contributed by atoms with Crippen LogP contribution in [-0.4, -0.2) is 45.2 Å². The molecule has 4 nitrogen and oxygen atoms in total. The summed E-state index contributed by atoms with van der Waals surface area (Å²) < 4.78 is 24.4. The molecule has 1 N–H and O–H groups in total. The van der Waals surface area contributed by atoms with Crippen molar-refractivity contribution in [2.24, 2.45) is 0 Å². The van der Waals surface area contributed by atoms with E-state index in [1.54, 1.807) is 19.1 Å². The maximum Gasteiger partial charge on any atom is 0.180 e. The highest BCUT2D eigenvalue weighted by Crippen LogP contribution is 2.28. The van der Waals surface area contributed by atoms with Crippen molar-refractivity contribution in [1.29, 1.82) is 0 Å². The molecule has 0 bridgehead atoms. The van der Waals surface area contributed by atoms with Crippen molar-refractivity contribution in [2.75, 3.05) is 25.2 Å². The fourth-order valence-corrected chi connectivity index (χ4v) is 4.06. The standard InChI is InChI=1S/C16H26N2O2S/c1-4-21(19,20)16-11-6-5-10-15(16)17-13-8-7-9-14(12-13)18(2)3/h5-6,10-11,13-14,17H,4,7-9,12H2,1-3H3/t13-,14-/m0/s1. The summed E-state index contributed by atoms with van der Waals surface area (Å²) in [6.45, 7) is 1.69. The van der Waals surface area contributed by atoms with Crippen LogP contribution in [0.4, 0.5) is 5.69 Å². The van der Waals surface area contributed by atoms with E-state index in [-0.39, 0.29) is 5.75 Å². The second-order valence-corrected chi connectivity index (χ2v) is 8.27. The van der Waals surface area contributed by atoms with Gasteiger partial charge in [-0.1, -0.05) is 19.1 Å². The minimum atomic E-state index is -3.18. The number of hydrogen-bond donors (Lipinski definition) is 1.